The molecule has 12 bridgehead atoms. The first kappa shape index (κ1) is 23.5. The Morgan fingerprint density at radius 3 is 1.61 bits per heavy atom. The maximum atomic E-state index is 5.50. The summed E-state index contributed by atoms with van der Waals surface area (Å²) in [5, 5.41) is 0. The number of benzene rings is 2. The molecular weight excluding hydrogens is 536 g/mol. The molecule has 5 heterocycles. The van der Waals surface area contributed by atoms with Gasteiger partial charge in [-0.1, -0.05) is 48.5 Å². The van der Waals surface area contributed by atoms with Gasteiger partial charge in [-0.3, -0.25) is 0 Å². The standard InChI is InChI=1S/C40H30N4/c1-3-7-27-25(5-1)29-13-15-31(27)39-35-20-36-40-32-16-14-30(26-6-2-4-8-28(26)32)38(40)34(44-36)19-24-12-10-22(42-24)17-21-9-11-23(41-21)18-33(43-35)37(29)39/h1-12,17-20,29-32,41,44H,13-16H2. The van der Waals surface area contributed by atoms with E-state index < -0.39 is 0 Å². The molecule has 0 fully saturated rings. The number of hydrogen-bond acceptors (Lipinski definition) is 2. The normalized spacial score (nSPS) is 23.4. The van der Waals surface area contributed by atoms with Crippen molar-refractivity contribution in [3.63, 3.8) is 0 Å². The van der Waals surface area contributed by atoms with Gasteiger partial charge < -0.3 is 9.97 Å². The largest absolute Gasteiger partial charge is 0.355 e. The molecule has 2 N–H and O–H groups in total. The molecule has 13 rings (SSSR count). The quantitative estimate of drug-likeness (QED) is 0.192. The SMILES string of the molecule is C1=Cc2cc3[nH]c(cc4nc(cc5ccc(cc1n2)[nH]5)C1=C4C2CCC1c1ccccc12)c1c3C2CCC1c1ccccc12. The number of H-pyrrole nitrogens is 2. The van der Waals surface area contributed by atoms with Crippen LogP contribution in [0.3, 0.4) is 0 Å². The number of allylic oxidation sites excluding steroid dienone is 2. The first-order valence-electron chi connectivity index (χ1n) is 16.1. The van der Waals surface area contributed by atoms with Crippen LogP contribution in [0.25, 0.3) is 45.4 Å². The van der Waals surface area contributed by atoms with Crippen LogP contribution in [0, 0.1) is 0 Å². The van der Waals surface area contributed by atoms with E-state index >= 15 is 0 Å². The Morgan fingerprint density at radius 1 is 0.477 bits per heavy atom. The molecule has 4 heteroatoms. The van der Waals surface area contributed by atoms with Crippen LogP contribution in [0.15, 0.2) is 84.9 Å². The zero-order chi connectivity index (χ0) is 28.5. The van der Waals surface area contributed by atoms with E-state index in [1.807, 2.05) is 0 Å². The molecule has 210 valence electrons. The fraction of sp³-hybridized carbons (Fsp3) is 0.200. The summed E-state index contributed by atoms with van der Waals surface area (Å²) in [7, 11) is 0. The van der Waals surface area contributed by atoms with E-state index in [2.05, 4.69) is 107 Å². The van der Waals surface area contributed by atoms with Crippen molar-refractivity contribution in [3.8, 4) is 0 Å². The van der Waals surface area contributed by atoms with Gasteiger partial charge in [0.05, 0.1) is 22.8 Å². The van der Waals surface area contributed by atoms with E-state index in [1.165, 1.54) is 81.2 Å². The van der Waals surface area contributed by atoms with E-state index in [0.29, 0.717) is 23.7 Å². The summed E-state index contributed by atoms with van der Waals surface area (Å²) in [4.78, 5) is 18.1. The van der Waals surface area contributed by atoms with Crippen LogP contribution in [0.5, 0.6) is 0 Å². The molecule has 4 unspecified atom stereocenters. The Labute approximate surface area is 255 Å². The van der Waals surface area contributed by atoms with Crippen LogP contribution in [0.2, 0.25) is 0 Å². The fourth-order valence-electron chi connectivity index (χ4n) is 9.55. The van der Waals surface area contributed by atoms with Crippen LogP contribution in [0.1, 0.15) is 106 Å². The number of aromatic amines is 2. The molecule has 0 radical (unpaired) electrons. The zero-order valence-electron chi connectivity index (χ0n) is 24.3. The molecule has 2 aromatic carbocycles. The second-order valence-corrected chi connectivity index (χ2v) is 13.4. The summed E-state index contributed by atoms with van der Waals surface area (Å²) in [6.07, 6.45) is 9.02. The third-order valence-corrected chi connectivity index (χ3v) is 11.2. The lowest BCUT2D eigenvalue weighted by Crippen LogP contribution is -2.23. The highest BCUT2D eigenvalue weighted by Gasteiger charge is 2.44. The summed E-state index contributed by atoms with van der Waals surface area (Å²) >= 11 is 0. The fourth-order valence-corrected chi connectivity index (χ4v) is 9.55. The van der Waals surface area contributed by atoms with Gasteiger partial charge in [0.2, 0.25) is 0 Å². The molecule has 2 aliphatic heterocycles. The van der Waals surface area contributed by atoms with Gasteiger partial charge in [-0.05, 0) is 119 Å². The third kappa shape index (κ3) is 3.08. The molecule has 0 amide bonds. The molecule has 0 saturated carbocycles. The average Bonchev–Trinajstić information content (AvgIpc) is 3.86. The highest BCUT2D eigenvalue weighted by atomic mass is 14.8. The van der Waals surface area contributed by atoms with Gasteiger partial charge >= 0.3 is 0 Å². The molecule has 44 heavy (non-hydrogen) atoms. The Balaban J connectivity index is 1.26. The van der Waals surface area contributed by atoms with E-state index in [0.717, 1.165) is 33.8 Å². The Morgan fingerprint density at radius 2 is 0.977 bits per heavy atom. The average molecular weight is 567 g/mol. The van der Waals surface area contributed by atoms with Crippen molar-refractivity contribution in [2.75, 3.05) is 0 Å². The topological polar surface area (TPSA) is 57.4 Å². The monoisotopic (exact) mass is 566 g/mol. The minimum Gasteiger partial charge on any atom is -0.355 e. The first-order valence-corrected chi connectivity index (χ1v) is 16.1. The summed E-state index contributed by atoms with van der Waals surface area (Å²) < 4.78 is 0. The lowest BCUT2D eigenvalue weighted by molar-refractivity contribution is 0.527. The number of aromatic nitrogens is 4. The van der Waals surface area contributed by atoms with Crippen molar-refractivity contribution < 1.29 is 0 Å². The number of hydrogen-bond donors (Lipinski definition) is 2. The second kappa shape index (κ2) is 8.35. The van der Waals surface area contributed by atoms with Crippen LogP contribution in [-0.4, -0.2) is 19.9 Å². The molecule has 0 saturated heterocycles. The molecule has 8 aliphatic rings. The number of fused-ring (bicyclic) bond motifs is 10. The van der Waals surface area contributed by atoms with Crippen LogP contribution >= 0.6 is 0 Å². The Bertz CT molecular complexity index is 2330. The summed E-state index contributed by atoms with van der Waals surface area (Å²) in [5.41, 5.74) is 20.6. The van der Waals surface area contributed by atoms with Crippen molar-refractivity contribution in [1.82, 2.24) is 19.9 Å². The van der Waals surface area contributed by atoms with Crippen molar-refractivity contribution in [1.29, 1.82) is 0 Å². The maximum Gasteiger partial charge on any atom is 0.0699 e. The second-order valence-electron chi connectivity index (χ2n) is 13.4. The van der Waals surface area contributed by atoms with E-state index in [-0.39, 0.29) is 0 Å². The summed E-state index contributed by atoms with van der Waals surface area (Å²) in [5.74, 6) is 1.60. The molecule has 6 aliphatic carbocycles. The lowest BCUT2D eigenvalue weighted by Gasteiger charge is -2.40. The van der Waals surface area contributed by atoms with Crippen LogP contribution < -0.4 is 0 Å². The van der Waals surface area contributed by atoms with Gasteiger partial charge in [-0.2, -0.15) is 0 Å². The van der Waals surface area contributed by atoms with Crippen molar-refractivity contribution in [2.24, 2.45) is 0 Å². The number of nitrogens with zero attached hydrogens (tertiary/aromatic N) is 2. The Kier molecular flexibility index (Phi) is 4.46. The number of rotatable bonds is 0. The van der Waals surface area contributed by atoms with Crippen LogP contribution in [0.4, 0.5) is 0 Å². The predicted octanol–water partition coefficient (Wildman–Crippen LogP) is 9.44. The van der Waals surface area contributed by atoms with Gasteiger partial charge in [-0.15, -0.1) is 0 Å². The summed E-state index contributed by atoms with van der Waals surface area (Å²) in [6, 6.07) is 31.7. The Hall–Kier alpha value is -4.96. The van der Waals surface area contributed by atoms with Gasteiger partial charge in [0.25, 0.3) is 0 Å². The first-order chi connectivity index (χ1) is 21.8. The maximum absolute atomic E-state index is 5.50. The molecule has 3 aromatic heterocycles. The van der Waals surface area contributed by atoms with Gasteiger partial charge in [0.1, 0.15) is 0 Å². The van der Waals surface area contributed by atoms with Crippen LogP contribution in [-0.2, 0) is 0 Å². The smallest absolute Gasteiger partial charge is 0.0699 e. The zero-order valence-corrected chi connectivity index (χ0v) is 24.3. The molecule has 4 atom stereocenters. The van der Waals surface area contributed by atoms with E-state index in [9.17, 15) is 0 Å². The highest BCUT2D eigenvalue weighted by molar-refractivity contribution is 6.01. The summed E-state index contributed by atoms with van der Waals surface area (Å²) in [6.45, 7) is 0. The van der Waals surface area contributed by atoms with Gasteiger partial charge in [-0.25, -0.2) is 9.97 Å². The molecule has 0 spiro atoms. The molecule has 4 nitrogen and oxygen atoms in total. The van der Waals surface area contributed by atoms with E-state index in [4.69, 9.17) is 9.97 Å². The number of nitrogens with one attached hydrogen (secondary N) is 2. The predicted molar refractivity (Wildman–Crippen MR) is 177 cm³/mol. The van der Waals surface area contributed by atoms with Gasteiger partial charge in [0, 0.05) is 45.7 Å². The highest BCUT2D eigenvalue weighted by Crippen LogP contribution is 2.60. The third-order valence-electron chi connectivity index (χ3n) is 11.2. The lowest BCUT2D eigenvalue weighted by atomic mass is 9.63. The van der Waals surface area contributed by atoms with Crippen molar-refractivity contribution >= 4 is 45.4 Å². The van der Waals surface area contributed by atoms with Crippen molar-refractivity contribution in [2.45, 2.75) is 49.4 Å². The van der Waals surface area contributed by atoms with E-state index in [1.54, 1.807) is 0 Å². The molecular formula is C40H30N4. The van der Waals surface area contributed by atoms with Crippen molar-refractivity contribution in [3.05, 3.63) is 141 Å². The van der Waals surface area contributed by atoms with Gasteiger partial charge in [0.15, 0.2) is 0 Å². The minimum atomic E-state index is 0.391. The minimum absolute atomic E-state index is 0.391. The molecule has 5 aromatic rings.